The van der Waals surface area contributed by atoms with E-state index in [1.165, 1.54) is 0 Å². The van der Waals surface area contributed by atoms with Crippen molar-refractivity contribution in [1.29, 1.82) is 0 Å². The fourth-order valence-electron chi connectivity index (χ4n) is 1.64. The fourth-order valence-corrected chi connectivity index (χ4v) is 1.64. The Labute approximate surface area is 92.8 Å². The average Bonchev–Trinajstić information content (AvgIpc) is 2.55. The van der Waals surface area contributed by atoms with E-state index in [4.69, 9.17) is 5.73 Å². The third kappa shape index (κ3) is 1.47. The summed E-state index contributed by atoms with van der Waals surface area (Å²) in [6.45, 7) is 2.07. The van der Waals surface area contributed by atoms with Crippen molar-refractivity contribution in [3.63, 3.8) is 0 Å². The van der Waals surface area contributed by atoms with E-state index in [0.29, 0.717) is 16.8 Å². The van der Waals surface area contributed by atoms with Crippen LogP contribution in [0.3, 0.4) is 0 Å². The van der Waals surface area contributed by atoms with Crippen molar-refractivity contribution < 1.29 is 9.59 Å². The maximum atomic E-state index is 11.6. The zero-order valence-corrected chi connectivity index (χ0v) is 8.76. The molecular formula is C12H10N2O2. The summed E-state index contributed by atoms with van der Waals surface area (Å²) in [4.78, 5) is 22.9. The number of anilines is 1. The molecule has 1 aliphatic heterocycles. The Morgan fingerprint density at radius 1 is 1.38 bits per heavy atom. The number of ketones is 1. The first-order valence-corrected chi connectivity index (χ1v) is 4.83. The van der Waals surface area contributed by atoms with E-state index < -0.39 is 11.7 Å². The molecule has 1 amide bonds. The number of fused-ring (bicyclic) bond motifs is 1. The molecule has 0 unspecified atom stereocenters. The normalized spacial score (nSPS) is 12.9. The monoisotopic (exact) mass is 214 g/mol. The van der Waals surface area contributed by atoms with Gasteiger partial charge in [0.2, 0.25) is 0 Å². The van der Waals surface area contributed by atoms with Gasteiger partial charge in [-0.1, -0.05) is 17.9 Å². The number of aryl methyl sites for hydroxylation is 1. The molecule has 1 aromatic carbocycles. The second kappa shape index (κ2) is 3.80. The van der Waals surface area contributed by atoms with Crippen LogP contribution >= 0.6 is 0 Å². The average molecular weight is 214 g/mol. The molecule has 0 radical (unpaired) electrons. The molecule has 0 aromatic heterocycles. The molecule has 1 heterocycles. The third-order valence-corrected chi connectivity index (χ3v) is 2.41. The zero-order valence-electron chi connectivity index (χ0n) is 8.76. The van der Waals surface area contributed by atoms with Gasteiger partial charge in [-0.15, -0.1) is 0 Å². The van der Waals surface area contributed by atoms with Crippen molar-refractivity contribution in [2.24, 2.45) is 5.73 Å². The second-order valence-corrected chi connectivity index (χ2v) is 3.47. The van der Waals surface area contributed by atoms with Crippen molar-refractivity contribution >= 4 is 17.4 Å². The Hall–Kier alpha value is -2.12. The van der Waals surface area contributed by atoms with E-state index in [9.17, 15) is 9.59 Å². The van der Waals surface area contributed by atoms with Crippen LogP contribution in [0, 0.1) is 18.8 Å². The van der Waals surface area contributed by atoms with Gasteiger partial charge in [0.15, 0.2) is 0 Å². The second-order valence-electron chi connectivity index (χ2n) is 3.47. The number of nitrogens with two attached hydrogens (primary N) is 1. The Bertz CT molecular complexity index is 550. The van der Waals surface area contributed by atoms with Crippen molar-refractivity contribution in [2.75, 3.05) is 11.9 Å². The topological polar surface area (TPSA) is 72.2 Å². The van der Waals surface area contributed by atoms with Crippen LogP contribution in [0.1, 0.15) is 21.5 Å². The van der Waals surface area contributed by atoms with E-state index in [1.54, 1.807) is 6.07 Å². The van der Waals surface area contributed by atoms with Gasteiger partial charge >= 0.3 is 0 Å². The van der Waals surface area contributed by atoms with Gasteiger partial charge in [-0.25, -0.2) is 0 Å². The molecule has 3 N–H and O–H groups in total. The van der Waals surface area contributed by atoms with Crippen LogP contribution in [0.4, 0.5) is 5.69 Å². The quantitative estimate of drug-likeness (QED) is 0.486. The summed E-state index contributed by atoms with van der Waals surface area (Å²) in [5.74, 6) is 4.40. The predicted molar refractivity (Wildman–Crippen MR) is 60.1 cm³/mol. The van der Waals surface area contributed by atoms with Crippen LogP contribution in [0.2, 0.25) is 0 Å². The van der Waals surface area contributed by atoms with E-state index in [2.05, 4.69) is 17.2 Å². The summed E-state index contributed by atoms with van der Waals surface area (Å²) < 4.78 is 0. The van der Waals surface area contributed by atoms with Crippen LogP contribution in [0.25, 0.3) is 0 Å². The van der Waals surface area contributed by atoms with Crippen LogP contribution in [-0.4, -0.2) is 18.2 Å². The van der Waals surface area contributed by atoms with Crippen LogP contribution < -0.4 is 11.1 Å². The van der Waals surface area contributed by atoms with Gasteiger partial charge in [-0.05, 0) is 18.6 Å². The molecule has 0 saturated carbocycles. The lowest BCUT2D eigenvalue weighted by Crippen LogP contribution is -2.13. The number of benzene rings is 1. The molecule has 0 aliphatic carbocycles. The summed E-state index contributed by atoms with van der Waals surface area (Å²) in [6.07, 6.45) is 0. The molecule has 0 bridgehead atoms. The standard InChI is InChI=1S/C12H10N2O2/c1-7-4-5-9-10(8(7)3-2-6-13)11(15)12(16)14-9/h4-5H,6,13H2,1H3,(H,14,15,16). The molecular weight excluding hydrogens is 204 g/mol. The summed E-state index contributed by atoms with van der Waals surface area (Å²) in [5, 5.41) is 2.50. The van der Waals surface area contributed by atoms with E-state index in [1.807, 2.05) is 13.0 Å². The molecule has 0 saturated heterocycles. The van der Waals surface area contributed by atoms with E-state index >= 15 is 0 Å². The Morgan fingerprint density at radius 3 is 2.81 bits per heavy atom. The van der Waals surface area contributed by atoms with Crippen LogP contribution in [0.15, 0.2) is 12.1 Å². The highest BCUT2D eigenvalue weighted by molar-refractivity contribution is 6.52. The lowest BCUT2D eigenvalue weighted by Gasteiger charge is -2.03. The van der Waals surface area contributed by atoms with Gasteiger partial charge in [0.25, 0.3) is 11.7 Å². The minimum atomic E-state index is -0.601. The van der Waals surface area contributed by atoms with Gasteiger partial charge in [0, 0.05) is 5.56 Å². The minimum absolute atomic E-state index is 0.221. The number of carbonyl (C=O) groups excluding carboxylic acids is 2. The van der Waals surface area contributed by atoms with Crippen LogP contribution in [-0.2, 0) is 4.79 Å². The van der Waals surface area contributed by atoms with Gasteiger partial charge in [-0.3, -0.25) is 9.59 Å². The van der Waals surface area contributed by atoms with Gasteiger partial charge in [0.1, 0.15) is 0 Å². The summed E-state index contributed by atoms with van der Waals surface area (Å²) >= 11 is 0. The largest absolute Gasteiger partial charge is 0.320 e. The number of amides is 1. The highest BCUT2D eigenvalue weighted by Crippen LogP contribution is 2.28. The molecule has 80 valence electrons. The van der Waals surface area contributed by atoms with Gasteiger partial charge in [0.05, 0.1) is 17.8 Å². The molecule has 16 heavy (non-hydrogen) atoms. The van der Waals surface area contributed by atoms with Crippen molar-refractivity contribution in [3.05, 3.63) is 28.8 Å². The van der Waals surface area contributed by atoms with Crippen LogP contribution in [0.5, 0.6) is 0 Å². The molecule has 4 nitrogen and oxygen atoms in total. The molecule has 4 heteroatoms. The highest BCUT2D eigenvalue weighted by atomic mass is 16.2. The number of hydrogen-bond acceptors (Lipinski definition) is 3. The first kappa shape index (κ1) is 10.4. The first-order valence-electron chi connectivity index (χ1n) is 4.83. The minimum Gasteiger partial charge on any atom is -0.320 e. The predicted octanol–water partition coefficient (Wildman–Crippen LogP) is 0.440. The molecule has 1 aromatic rings. The smallest absolute Gasteiger partial charge is 0.296 e. The number of Topliss-reactive ketones (excluding diaryl/α,β-unsaturated/α-hetero) is 1. The molecule has 2 rings (SSSR count). The molecule has 0 spiro atoms. The number of hydrogen-bond donors (Lipinski definition) is 2. The maximum Gasteiger partial charge on any atom is 0.296 e. The van der Waals surface area contributed by atoms with Gasteiger partial charge in [-0.2, -0.15) is 0 Å². The van der Waals surface area contributed by atoms with Crippen molar-refractivity contribution in [3.8, 4) is 11.8 Å². The summed E-state index contributed by atoms with van der Waals surface area (Å²) in [7, 11) is 0. The summed E-state index contributed by atoms with van der Waals surface area (Å²) in [6, 6.07) is 3.53. The number of carbonyl (C=O) groups is 2. The van der Waals surface area contributed by atoms with Crippen molar-refractivity contribution in [1.82, 2.24) is 0 Å². The zero-order chi connectivity index (χ0) is 11.7. The van der Waals surface area contributed by atoms with E-state index in [-0.39, 0.29) is 6.54 Å². The molecule has 1 aliphatic rings. The highest BCUT2D eigenvalue weighted by Gasteiger charge is 2.30. The Morgan fingerprint density at radius 2 is 2.12 bits per heavy atom. The lowest BCUT2D eigenvalue weighted by atomic mass is 9.99. The Kier molecular flexibility index (Phi) is 2.47. The number of rotatable bonds is 0. The third-order valence-electron chi connectivity index (χ3n) is 2.41. The van der Waals surface area contributed by atoms with Gasteiger partial charge < -0.3 is 11.1 Å². The lowest BCUT2D eigenvalue weighted by molar-refractivity contribution is -0.112. The summed E-state index contributed by atoms with van der Waals surface area (Å²) in [5.41, 5.74) is 7.64. The first-order chi connectivity index (χ1) is 7.65. The SMILES string of the molecule is Cc1ccc2c(c1C#CCN)C(=O)C(=O)N2. The molecule has 0 fully saturated rings. The van der Waals surface area contributed by atoms with Crippen molar-refractivity contribution in [2.45, 2.75) is 6.92 Å². The maximum absolute atomic E-state index is 11.6. The van der Waals surface area contributed by atoms with E-state index in [0.717, 1.165) is 5.56 Å². The Balaban J connectivity index is 2.66. The molecule has 0 atom stereocenters. The number of nitrogens with one attached hydrogen (secondary N) is 1. The fraction of sp³-hybridized carbons (Fsp3) is 0.167.